The summed E-state index contributed by atoms with van der Waals surface area (Å²) in [4.78, 5) is 12.3. The molecule has 2 atom stereocenters. The molecule has 0 aromatic heterocycles. The fraction of sp³-hybridized carbons (Fsp3) is 0.900. The van der Waals surface area contributed by atoms with Gasteiger partial charge in [0.2, 0.25) is 0 Å². The Morgan fingerprint density at radius 3 is 2.62 bits per heavy atom. The maximum Gasteiger partial charge on any atom is 0.407 e. The van der Waals surface area contributed by atoms with E-state index in [0.29, 0.717) is 5.92 Å². The van der Waals surface area contributed by atoms with Crippen molar-refractivity contribution in [3.63, 3.8) is 0 Å². The summed E-state index contributed by atoms with van der Waals surface area (Å²) in [6, 6.07) is 0.260. The third-order valence-electron chi connectivity index (χ3n) is 3.19. The van der Waals surface area contributed by atoms with Gasteiger partial charge in [-0.2, -0.15) is 0 Å². The zero-order chi connectivity index (χ0) is 9.84. The predicted octanol–water partition coefficient (Wildman–Crippen LogP) is 2.57. The lowest BCUT2D eigenvalue weighted by Crippen LogP contribution is -2.42. The van der Waals surface area contributed by atoms with Gasteiger partial charge in [-0.15, -0.1) is 0 Å². The van der Waals surface area contributed by atoms with E-state index in [-0.39, 0.29) is 6.04 Å². The fourth-order valence-electron chi connectivity index (χ4n) is 2.32. The number of nitrogens with zero attached hydrogens (tertiary/aromatic N) is 1. The minimum Gasteiger partial charge on any atom is -0.465 e. The van der Waals surface area contributed by atoms with Crippen molar-refractivity contribution in [1.29, 1.82) is 0 Å². The van der Waals surface area contributed by atoms with Crippen LogP contribution in [0.15, 0.2) is 0 Å². The molecule has 0 radical (unpaired) electrons. The van der Waals surface area contributed by atoms with Crippen molar-refractivity contribution in [3.8, 4) is 0 Å². The Labute approximate surface area is 79.7 Å². The van der Waals surface area contributed by atoms with Crippen molar-refractivity contribution in [1.82, 2.24) is 4.90 Å². The van der Waals surface area contributed by atoms with Crippen LogP contribution in [-0.2, 0) is 0 Å². The van der Waals surface area contributed by atoms with Crippen molar-refractivity contribution in [3.05, 3.63) is 0 Å². The van der Waals surface area contributed by atoms with Crippen LogP contribution < -0.4 is 0 Å². The largest absolute Gasteiger partial charge is 0.465 e. The highest BCUT2D eigenvalue weighted by Gasteiger charge is 2.29. The van der Waals surface area contributed by atoms with E-state index in [1.54, 1.807) is 7.05 Å². The molecule has 1 saturated carbocycles. The number of carbonyl (C=O) groups is 1. The summed E-state index contributed by atoms with van der Waals surface area (Å²) in [7, 11) is 1.70. The molecule has 0 spiro atoms. The minimum absolute atomic E-state index is 0.260. The van der Waals surface area contributed by atoms with E-state index in [1.165, 1.54) is 24.2 Å². The van der Waals surface area contributed by atoms with E-state index in [9.17, 15) is 4.79 Å². The zero-order valence-corrected chi connectivity index (χ0v) is 8.49. The molecule has 1 amide bonds. The van der Waals surface area contributed by atoms with Crippen LogP contribution in [-0.4, -0.2) is 29.2 Å². The van der Waals surface area contributed by atoms with E-state index in [4.69, 9.17) is 5.11 Å². The molecule has 0 bridgehead atoms. The third kappa shape index (κ3) is 2.36. The molecule has 0 aliphatic heterocycles. The normalized spacial score (nSPS) is 28.5. The summed E-state index contributed by atoms with van der Waals surface area (Å²) in [6.45, 7) is 2.15. The average molecular weight is 185 g/mol. The van der Waals surface area contributed by atoms with Crippen LogP contribution in [0.3, 0.4) is 0 Å². The van der Waals surface area contributed by atoms with Crippen molar-refractivity contribution >= 4 is 6.09 Å². The first-order valence-corrected chi connectivity index (χ1v) is 5.12. The van der Waals surface area contributed by atoms with Crippen LogP contribution in [0.1, 0.15) is 39.0 Å². The maximum absolute atomic E-state index is 10.8. The van der Waals surface area contributed by atoms with Crippen LogP contribution in [0.25, 0.3) is 0 Å². The Morgan fingerprint density at radius 2 is 2.08 bits per heavy atom. The Hall–Kier alpha value is -0.730. The van der Waals surface area contributed by atoms with Gasteiger partial charge >= 0.3 is 6.09 Å². The van der Waals surface area contributed by atoms with Gasteiger partial charge in [0.05, 0.1) is 0 Å². The summed E-state index contributed by atoms with van der Waals surface area (Å²) >= 11 is 0. The first-order valence-electron chi connectivity index (χ1n) is 5.12. The molecular formula is C10H19NO2. The highest BCUT2D eigenvalue weighted by molar-refractivity contribution is 5.65. The zero-order valence-electron chi connectivity index (χ0n) is 8.49. The molecule has 1 fully saturated rings. The molecular weight excluding hydrogens is 166 g/mol. The lowest BCUT2D eigenvalue weighted by molar-refractivity contribution is 0.100. The predicted molar refractivity (Wildman–Crippen MR) is 51.8 cm³/mol. The fourth-order valence-corrected chi connectivity index (χ4v) is 2.32. The van der Waals surface area contributed by atoms with Gasteiger partial charge < -0.3 is 10.0 Å². The first kappa shape index (κ1) is 10.4. The second kappa shape index (κ2) is 4.49. The van der Waals surface area contributed by atoms with E-state index >= 15 is 0 Å². The second-order valence-electron chi connectivity index (χ2n) is 3.91. The molecule has 1 aliphatic carbocycles. The van der Waals surface area contributed by atoms with Crippen LogP contribution in [0, 0.1) is 5.92 Å². The van der Waals surface area contributed by atoms with Gasteiger partial charge in [0.15, 0.2) is 0 Å². The van der Waals surface area contributed by atoms with Gasteiger partial charge in [0, 0.05) is 13.1 Å². The van der Waals surface area contributed by atoms with Crippen LogP contribution in [0.4, 0.5) is 4.79 Å². The first-order chi connectivity index (χ1) is 6.16. The molecule has 3 heteroatoms. The van der Waals surface area contributed by atoms with E-state index < -0.39 is 6.09 Å². The Bertz CT molecular complexity index is 182. The molecule has 1 N–H and O–H groups in total. The monoisotopic (exact) mass is 185 g/mol. The molecule has 0 aromatic carbocycles. The molecule has 13 heavy (non-hydrogen) atoms. The summed E-state index contributed by atoms with van der Waals surface area (Å²) in [5.41, 5.74) is 0. The molecule has 0 heterocycles. The van der Waals surface area contributed by atoms with Crippen molar-refractivity contribution in [2.24, 2.45) is 5.92 Å². The van der Waals surface area contributed by atoms with E-state index in [2.05, 4.69) is 6.92 Å². The lowest BCUT2D eigenvalue weighted by Gasteiger charge is -2.36. The summed E-state index contributed by atoms with van der Waals surface area (Å²) in [5, 5.41) is 8.87. The molecule has 0 saturated heterocycles. The molecule has 76 valence electrons. The van der Waals surface area contributed by atoms with E-state index in [0.717, 1.165) is 12.8 Å². The maximum atomic E-state index is 10.8. The quantitative estimate of drug-likeness (QED) is 0.718. The number of rotatable bonds is 2. The van der Waals surface area contributed by atoms with Crippen molar-refractivity contribution < 1.29 is 9.90 Å². The minimum atomic E-state index is -0.787. The Kier molecular flexibility index (Phi) is 3.58. The van der Waals surface area contributed by atoms with Crippen LogP contribution in [0.5, 0.6) is 0 Å². The average Bonchev–Trinajstić information content (AvgIpc) is 2.16. The molecule has 1 rings (SSSR count). The Balaban J connectivity index is 2.58. The number of carboxylic acid groups (broad SMARTS) is 1. The summed E-state index contributed by atoms with van der Waals surface area (Å²) < 4.78 is 0. The molecule has 2 unspecified atom stereocenters. The summed E-state index contributed by atoms with van der Waals surface area (Å²) in [5.74, 6) is 0.579. The molecule has 1 aliphatic rings. The topological polar surface area (TPSA) is 40.5 Å². The highest BCUT2D eigenvalue weighted by Crippen LogP contribution is 2.29. The number of hydrogen-bond donors (Lipinski definition) is 1. The van der Waals surface area contributed by atoms with Crippen molar-refractivity contribution in [2.75, 3.05) is 7.05 Å². The van der Waals surface area contributed by atoms with Crippen LogP contribution >= 0.6 is 0 Å². The standard InChI is InChI=1S/C10H19NO2/c1-3-8-6-4-5-7-9(8)11(2)10(12)13/h8-9H,3-7H2,1-2H3,(H,12,13). The SMILES string of the molecule is CCC1CCCCC1N(C)C(=O)O. The van der Waals surface area contributed by atoms with Gasteiger partial charge in [-0.3, -0.25) is 0 Å². The number of amides is 1. The molecule has 0 aromatic rings. The van der Waals surface area contributed by atoms with Gasteiger partial charge in [-0.25, -0.2) is 4.79 Å². The second-order valence-corrected chi connectivity index (χ2v) is 3.91. The van der Waals surface area contributed by atoms with Gasteiger partial charge in [0.1, 0.15) is 0 Å². The van der Waals surface area contributed by atoms with Gasteiger partial charge in [-0.05, 0) is 18.8 Å². The Morgan fingerprint density at radius 1 is 1.46 bits per heavy atom. The highest BCUT2D eigenvalue weighted by atomic mass is 16.4. The van der Waals surface area contributed by atoms with Gasteiger partial charge in [-0.1, -0.05) is 26.2 Å². The van der Waals surface area contributed by atoms with Gasteiger partial charge in [0.25, 0.3) is 0 Å². The number of hydrogen-bond acceptors (Lipinski definition) is 1. The third-order valence-corrected chi connectivity index (χ3v) is 3.19. The molecule has 3 nitrogen and oxygen atoms in total. The lowest BCUT2D eigenvalue weighted by atomic mass is 9.82. The van der Waals surface area contributed by atoms with Crippen molar-refractivity contribution in [2.45, 2.75) is 45.1 Å². The van der Waals surface area contributed by atoms with Crippen LogP contribution in [0.2, 0.25) is 0 Å². The summed E-state index contributed by atoms with van der Waals surface area (Å²) in [6.07, 6.45) is 4.99. The smallest absolute Gasteiger partial charge is 0.407 e. The van der Waals surface area contributed by atoms with E-state index in [1.807, 2.05) is 0 Å².